The summed E-state index contributed by atoms with van der Waals surface area (Å²) in [5, 5.41) is 2.50. The Morgan fingerprint density at radius 2 is 2.16 bits per heavy atom. The zero-order valence-electron chi connectivity index (χ0n) is 10.9. The molecule has 1 fully saturated rings. The lowest BCUT2D eigenvalue weighted by atomic mass is 10.2. The van der Waals surface area contributed by atoms with Crippen LogP contribution in [0.3, 0.4) is 0 Å². The van der Waals surface area contributed by atoms with Gasteiger partial charge in [0.25, 0.3) is 0 Å². The molecule has 19 heavy (non-hydrogen) atoms. The molecular weight excluding hydrogens is 272 g/mol. The summed E-state index contributed by atoms with van der Waals surface area (Å²) in [4.78, 5) is 35.8. The highest BCUT2D eigenvalue weighted by atomic mass is 35.5. The van der Waals surface area contributed by atoms with Crippen molar-refractivity contribution in [3.8, 4) is 0 Å². The van der Waals surface area contributed by atoms with Crippen LogP contribution in [0.5, 0.6) is 0 Å². The summed E-state index contributed by atoms with van der Waals surface area (Å²) >= 11 is 0. The van der Waals surface area contributed by atoms with Crippen LogP contribution >= 0.6 is 12.4 Å². The van der Waals surface area contributed by atoms with E-state index in [4.69, 9.17) is 11.5 Å². The second-order valence-corrected chi connectivity index (χ2v) is 4.45. The number of nitrogens with two attached hydrogens (primary N) is 2. The molecule has 1 rings (SSSR count). The normalized spacial score (nSPS) is 21.2. The van der Waals surface area contributed by atoms with Crippen LogP contribution in [0.4, 0.5) is 0 Å². The molecule has 8 heteroatoms. The lowest BCUT2D eigenvalue weighted by Gasteiger charge is -2.25. The smallest absolute Gasteiger partial charge is 0.245 e. The van der Waals surface area contributed by atoms with Crippen molar-refractivity contribution in [2.45, 2.75) is 37.9 Å². The molecule has 3 atom stereocenters. The summed E-state index contributed by atoms with van der Waals surface area (Å²) in [6.07, 6.45) is 2.25. The summed E-state index contributed by atoms with van der Waals surface area (Å²) < 4.78 is 0. The van der Waals surface area contributed by atoms with E-state index >= 15 is 0 Å². The van der Waals surface area contributed by atoms with Crippen LogP contribution in [-0.2, 0) is 14.4 Å². The molecule has 0 aliphatic carbocycles. The van der Waals surface area contributed by atoms with E-state index in [1.807, 2.05) is 0 Å². The Kier molecular flexibility index (Phi) is 7.58. The topological polar surface area (TPSA) is 119 Å². The summed E-state index contributed by atoms with van der Waals surface area (Å²) in [5.41, 5.74) is 10.7. The van der Waals surface area contributed by atoms with Gasteiger partial charge in [0.2, 0.25) is 11.8 Å². The highest BCUT2D eigenvalue weighted by Gasteiger charge is 2.31. The first-order valence-corrected chi connectivity index (χ1v) is 6.03. The number of carbonyl (C=O) groups is 3. The van der Waals surface area contributed by atoms with E-state index in [1.165, 1.54) is 4.90 Å². The molecule has 1 aliphatic rings. The van der Waals surface area contributed by atoms with Crippen molar-refractivity contribution >= 4 is 30.5 Å². The molecule has 5 N–H and O–H groups in total. The molecule has 1 saturated heterocycles. The average molecular weight is 293 g/mol. The summed E-state index contributed by atoms with van der Waals surface area (Å²) in [6.45, 7) is 2.14. The van der Waals surface area contributed by atoms with Crippen LogP contribution in [-0.4, -0.2) is 54.2 Å². The Bertz CT molecular complexity index is 340. The number of carbonyl (C=O) groups excluding carboxylic acids is 3. The molecule has 0 aromatic carbocycles. The predicted octanol–water partition coefficient (Wildman–Crippen LogP) is -1.61. The fourth-order valence-corrected chi connectivity index (χ4v) is 1.95. The number of likely N-dealkylation sites (tertiary alicyclic amines) is 1. The molecule has 110 valence electrons. The number of hydrogen-bond donors (Lipinski definition) is 3. The fourth-order valence-electron chi connectivity index (χ4n) is 1.95. The van der Waals surface area contributed by atoms with Crippen molar-refractivity contribution in [2.24, 2.45) is 11.5 Å². The largest absolute Gasteiger partial charge is 0.343 e. The molecule has 7 nitrogen and oxygen atoms in total. The second kappa shape index (κ2) is 8.08. The third-order valence-corrected chi connectivity index (χ3v) is 3.06. The van der Waals surface area contributed by atoms with Crippen LogP contribution in [0.15, 0.2) is 0 Å². The first-order chi connectivity index (χ1) is 8.51. The van der Waals surface area contributed by atoms with Crippen LogP contribution in [0.25, 0.3) is 0 Å². The number of halogens is 1. The lowest BCUT2D eigenvalue weighted by Crippen LogP contribution is -2.53. The van der Waals surface area contributed by atoms with Crippen molar-refractivity contribution in [3.05, 3.63) is 0 Å². The van der Waals surface area contributed by atoms with E-state index in [1.54, 1.807) is 6.92 Å². The van der Waals surface area contributed by atoms with E-state index in [-0.39, 0.29) is 30.9 Å². The minimum Gasteiger partial charge on any atom is -0.343 e. The number of rotatable bonds is 5. The number of amides is 2. The third-order valence-electron chi connectivity index (χ3n) is 3.06. The van der Waals surface area contributed by atoms with Gasteiger partial charge in [-0.2, -0.15) is 0 Å². The van der Waals surface area contributed by atoms with Crippen molar-refractivity contribution in [3.63, 3.8) is 0 Å². The fraction of sp³-hybridized carbons (Fsp3) is 0.727. The van der Waals surface area contributed by atoms with Gasteiger partial charge in [0.15, 0.2) is 0 Å². The van der Waals surface area contributed by atoms with Gasteiger partial charge in [0.05, 0.1) is 12.1 Å². The first-order valence-electron chi connectivity index (χ1n) is 6.03. The minimum atomic E-state index is -0.819. The summed E-state index contributed by atoms with van der Waals surface area (Å²) in [5.74, 6) is -0.720. The van der Waals surface area contributed by atoms with E-state index in [2.05, 4.69) is 5.32 Å². The second-order valence-electron chi connectivity index (χ2n) is 4.45. The standard InChI is InChI=1S/C11H20N4O3.ClH/c1-7(14-10(17)9(13)5-12)11(18)15-4-2-3-8(15)6-16;/h6-9H,2-5,12-13H2,1H3,(H,14,17);1H/t7-,8+,9?;/m1./s1. The quantitative estimate of drug-likeness (QED) is 0.527. The van der Waals surface area contributed by atoms with E-state index < -0.39 is 18.0 Å². The monoisotopic (exact) mass is 292 g/mol. The van der Waals surface area contributed by atoms with Gasteiger partial charge in [0.1, 0.15) is 12.3 Å². The molecule has 0 bridgehead atoms. The van der Waals surface area contributed by atoms with Gasteiger partial charge in [-0.05, 0) is 19.8 Å². The van der Waals surface area contributed by atoms with Gasteiger partial charge in [-0.15, -0.1) is 12.4 Å². The molecule has 0 aromatic heterocycles. The van der Waals surface area contributed by atoms with Crippen molar-refractivity contribution in [1.29, 1.82) is 0 Å². The van der Waals surface area contributed by atoms with Crippen LogP contribution < -0.4 is 16.8 Å². The van der Waals surface area contributed by atoms with Gasteiger partial charge in [-0.3, -0.25) is 9.59 Å². The zero-order chi connectivity index (χ0) is 13.7. The van der Waals surface area contributed by atoms with E-state index in [0.29, 0.717) is 13.0 Å². The Balaban J connectivity index is 0.00000324. The molecule has 2 amide bonds. The number of hydrogen-bond acceptors (Lipinski definition) is 5. The molecule has 1 aliphatic heterocycles. The van der Waals surface area contributed by atoms with Gasteiger partial charge in [-0.25, -0.2) is 0 Å². The number of nitrogens with zero attached hydrogens (tertiary/aromatic N) is 1. The molecule has 0 aromatic rings. The van der Waals surface area contributed by atoms with Crippen LogP contribution in [0.1, 0.15) is 19.8 Å². The van der Waals surface area contributed by atoms with Gasteiger partial charge < -0.3 is 26.5 Å². The molecule has 0 radical (unpaired) electrons. The molecule has 1 unspecified atom stereocenters. The Labute approximate surface area is 118 Å². The molecule has 0 saturated carbocycles. The van der Waals surface area contributed by atoms with Crippen molar-refractivity contribution in [2.75, 3.05) is 13.1 Å². The average Bonchev–Trinajstić information content (AvgIpc) is 2.84. The summed E-state index contributed by atoms with van der Waals surface area (Å²) in [7, 11) is 0. The maximum atomic E-state index is 12.0. The van der Waals surface area contributed by atoms with Crippen molar-refractivity contribution < 1.29 is 14.4 Å². The Morgan fingerprint density at radius 1 is 1.53 bits per heavy atom. The van der Waals surface area contributed by atoms with Gasteiger partial charge >= 0.3 is 0 Å². The third kappa shape index (κ3) is 4.45. The van der Waals surface area contributed by atoms with Crippen LogP contribution in [0, 0.1) is 0 Å². The van der Waals surface area contributed by atoms with Crippen LogP contribution in [0.2, 0.25) is 0 Å². The molecule has 1 heterocycles. The maximum absolute atomic E-state index is 12.0. The van der Waals surface area contributed by atoms with Crippen molar-refractivity contribution in [1.82, 2.24) is 10.2 Å². The van der Waals surface area contributed by atoms with E-state index in [9.17, 15) is 14.4 Å². The first kappa shape index (κ1) is 17.8. The van der Waals surface area contributed by atoms with Gasteiger partial charge in [-0.1, -0.05) is 0 Å². The summed E-state index contributed by atoms with van der Waals surface area (Å²) in [6, 6.07) is -1.89. The SMILES string of the molecule is C[C@@H](NC(=O)C(N)CN)C(=O)N1CCC[C@H]1C=O.Cl. The minimum absolute atomic E-state index is 0. The maximum Gasteiger partial charge on any atom is 0.245 e. The Morgan fingerprint density at radius 3 is 2.68 bits per heavy atom. The van der Waals surface area contributed by atoms with E-state index in [0.717, 1.165) is 12.7 Å². The number of aldehydes is 1. The molecule has 0 spiro atoms. The predicted molar refractivity (Wildman–Crippen MR) is 72.7 cm³/mol. The highest BCUT2D eigenvalue weighted by molar-refractivity contribution is 5.90. The number of nitrogens with one attached hydrogen (secondary N) is 1. The van der Waals surface area contributed by atoms with Gasteiger partial charge in [0, 0.05) is 13.1 Å². The Hall–Kier alpha value is -1.18. The highest BCUT2D eigenvalue weighted by Crippen LogP contribution is 2.16. The zero-order valence-corrected chi connectivity index (χ0v) is 11.7. The molecular formula is C11H21ClN4O3. The lowest BCUT2D eigenvalue weighted by molar-refractivity contribution is -0.138.